The average molecular weight is 247 g/mol. The van der Waals surface area contributed by atoms with Crippen LogP contribution in [0.2, 0.25) is 0 Å². The molecule has 1 heterocycles. The second-order valence-corrected chi connectivity index (χ2v) is 5.08. The van der Waals surface area contributed by atoms with E-state index >= 15 is 0 Å². The molecule has 1 aliphatic heterocycles. The van der Waals surface area contributed by atoms with Gasteiger partial charge in [0.25, 0.3) is 0 Å². The number of benzene rings is 1. The molecule has 1 aromatic rings. The largest absolute Gasteiger partial charge is 0.493 e. The molecule has 0 unspecified atom stereocenters. The third-order valence-electron chi connectivity index (χ3n) is 2.69. The first kappa shape index (κ1) is 12.3. The third kappa shape index (κ3) is 3.69. The molecular weight excluding hydrogens is 230 g/mol. The molecule has 0 radical (unpaired) electrons. The molecule has 0 atom stereocenters. The lowest BCUT2D eigenvalue weighted by molar-refractivity contribution is 0.357. The van der Waals surface area contributed by atoms with Crippen molar-refractivity contribution in [1.82, 2.24) is 5.32 Å². The van der Waals surface area contributed by atoms with E-state index in [0.29, 0.717) is 0 Å². The zero-order valence-corrected chi connectivity index (χ0v) is 10.7. The summed E-state index contributed by atoms with van der Waals surface area (Å²) in [7, 11) is 0. The highest BCUT2D eigenvalue weighted by Crippen LogP contribution is 2.25. The van der Waals surface area contributed by atoms with Crippen molar-refractivity contribution in [2.75, 3.05) is 24.7 Å². The van der Waals surface area contributed by atoms with E-state index in [9.17, 15) is 0 Å². The van der Waals surface area contributed by atoms with Crippen LogP contribution in [0.15, 0.2) is 18.2 Å². The van der Waals surface area contributed by atoms with Crippen molar-refractivity contribution < 1.29 is 4.74 Å². The van der Waals surface area contributed by atoms with E-state index in [2.05, 4.69) is 29.4 Å². The zero-order valence-electron chi connectivity index (χ0n) is 9.87. The number of rotatable bonds is 6. The number of ether oxygens (including phenoxy) is 1. The van der Waals surface area contributed by atoms with E-state index in [0.717, 1.165) is 43.4 Å². The highest BCUT2D eigenvalue weighted by atomic mass is 32.2. The van der Waals surface area contributed by atoms with Crippen LogP contribution in [0.4, 0.5) is 0 Å². The van der Waals surface area contributed by atoms with Gasteiger partial charge in [-0.15, -0.1) is 18.2 Å². The van der Waals surface area contributed by atoms with Crippen molar-refractivity contribution in [3.05, 3.63) is 29.3 Å². The Morgan fingerprint density at radius 3 is 3.29 bits per heavy atom. The van der Waals surface area contributed by atoms with E-state index in [4.69, 9.17) is 11.2 Å². The molecule has 0 saturated heterocycles. The summed E-state index contributed by atoms with van der Waals surface area (Å²) in [6.45, 7) is 2.75. The second-order valence-electron chi connectivity index (χ2n) is 3.97. The van der Waals surface area contributed by atoms with Crippen LogP contribution in [0.5, 0.6) is 5.75 Å². The van der Waals surface area contributed by atoms with Crippen LogP contribution < -0.4 is 10.1 Å². The fourth-order valence-corrected chi connectivity index (χ4v) is 2.41. The Morgan fingerprint density at radius 2 is 2.41 bits per heavy atom. The highest BCUT2D eigenvalue weighted by Gasteiger charge is 2.11. The van der Waals surface area contributed by atoms with Crippen molar-refractivity contribution in [1.29, 1.82) is 0 Å². The summed E-state index contributed by atoms with van der Waals surface area (Å²) in [4.78, 5) is 0. The third-order valence-corrected chi connectivity index (χ3v) is 3.56. The Bertz CT molecular complexity index is 411. The summed E-state index contributed by atoms with van der Waals surface area (Å²) < 4.78 is 5.48. The summed E-state index contributed by atoms with van der Waals surface area (Å²) in [5.41, 5.74) is 2.67. The Hall–Kier alpha value is -1.11. The maximum atomic E-state index is 5.48. The van der Waals surface area contributed by atoms with Crippen molar-refractivity contribution in [3.8, 4) is 18.1 Å². The Kier molecular flexibility index (Phi) is 4.78. The molecule has 0 fully saturated rings. The minimum atomic E-state index is 0.803. The van der Waals surface area contributed by atoms with Crippen LogP contribution in [0.1, 0.15) is 11.1 Å². The lowest BCUT2D eigenvalue weighted by atomic mass is 10.1. The van der Waals surface area contributed by atoms with Gasteiger partial charge >= 0.3 is 0 Å². The van der Waals surface area contributed by atoms with Gasteiger partial charge in [-0.3, -0.25) is 0 Å². The maximum Gasteiger partial charge on any atom is 0.122 e. The fourth-order valence-electron chi connectivity index (χ4n) is 1.86. The number of nitrogens with one attached hydrogen (secondary N) is 1. The van der Waals surface area contributed by atoms with E-state index in [1.54, 1.807) is 11.8 Å². The summed E-state index contributed by atoms with van der Waals surface area (Å²) in [6, 6.07) is 6.45. The normalized spacial score (nSPS) is 12.9. The zero-order chi connectivity index (χ0) is 11.9. The minimum absolute atomic E-state index is 0.803. The lowest BCUT2D eigenvalue weighted by Crippen LogP contribution is -2.16. The summed E-state index contributed by atoms with van der Waals surface area (Å²) in [5.74, 6) is 5.55. The summed E-state index contributed by atoms with van der Waals surface area (Å²) >= 11 is 1.79. The SMILES string of the molecule is C#CCSCCNCc1ccc2c(c1)CCO2. The number of terminal acetylenes is 1. The molecule has 1 aliphatic rings. The molecule has 2 nitrogen and oxygen atoms in total. The van der Waals surface area contributed by atoms with Gasteiger partial charge in [0.05, 0.1) is 12.4 Å². The molecule has 0 spiro atoms. The van der Waals surface area contributed by atoms with Crippen molar-refractivity contribution >= 4 is 11.8 Å². The minimum Gasteiger partial charge on any atom is -0.493 e. The van der Waals surface area contributed by atoms with Gasteiger partial charge < -0.3 is 10.1 Å². The van der Waals surface area contributed by atoms with Crippen LogP contribution >= 0.6 is 11.8 Å². The van der Waals surface area contributed by atoms with Crippen molar-refractivity contribution in [2.24, 2.45) is 0 Å². The standard InChI is InChI=1S/C14H17NOS/c1-2-8-17-9-6-15-11-12-3-4-14-13(10-12)5-7-16-14/h1,3-4,10,15H,5-9,11H2. The van der Waals surface area contributed by atoms with Gasteiger partial charge in [0, 0.05) is 25.3 Å². The van der Waals surface area contributed by atoms with E-state index in [1.165, 1.54) is 11.1 Å². The van der Waals surface area contributed by atoms with Gasteiger partial charge in [0.2, 0.25) is 0 Å². The monoisotopic (exact) mass is 247 g/mol. The maximum absolute atomic E-state index is 5.48. The van der Waals surface area contributed by atoms with Crippen LogP contribution in [0.25, 0.3) is 0 Å². The van der Waals surface area contributed by atoms with Crippen LogP contribution in [0.3, 0.4) is 0 Å². The molecule has 17 heavy (non-hydrogen) atoms. The fraction of sp³-hybridized carbons (Fsp3) is 0.429. The van der Waals surface area contributed by atoms with E-state index in [-0.39, 0.29) is 0 Å². The first-order valence-electron chi connectivity index (χ1n) is 5.86. The summed E-state index contributed by atoms with van der Waals surface area (Å²) in [5, 5.41) is 3.42. The Morgan fingerprint density at radius 1 is 1.47 bits per heavy atom. The molecule has 0 saturated carbocycles. The van der Waals surface area contributed by atoms with Gasteiger partial charge in [-0.2, -0.15) is 0 Å². The van der Waals surface area contributed by atoms with Gasteiger partial charge in [-0.1, -0.05) is 18.1 Å². The van der Waals surface area contributed by atoms with E-state index in [1.807, 2.05) is 0 Å². The summed E-state index contributed by atoms with van der Waals surface area (Å²) in [6.07, 6.45) is 6.23. The van der Waals surface area contributed by atoms with Gasteiger partial charge in [-0.05, 0) is 17.2 Å². The molecule has 1 aromatic carbocycles. The molecule has 2 rings (SSSR count). The van der Waals surface area contributed by atoms with E-state index < -0.39 is 0 Å². The molecular formula is C14H17NOS. The molecule has 0 aromatic heterocycles. The Balaban J connectivity index is 1.71. The smallest absolute Gasteiger partial charge is 0.122 e. The molecule has 90 valence electrons. The van der Waals surface area contributed by atoms with Crippen molar-refractivity contribution in [3.63, 3.8) is 0 Å². The number of hydrogen-bond acceptors (Lipinski definition) is 3. The Labute approximate surface area is 107 Å². The van der Waals surface area contributed by atoms with Crippen LogP contribution in [-0.2, 0) is 13.0 Å². The molecule has 0 aliphatic carbocycles. The van der Waals surface area contributed by atoms with Crippen LogP contribution in [0, 0.1) is 12.3 Å². The predicted molar refractivity (Wildman–Crippen MR) is 73.5 cm³/mol. The second kappa shape index (κ2) is 6.58. The quantitative estimate of drug-likeness (QED) is 0.614. The highest BCUT2D eigenvalue weighted by molar-refractivity contribution is 7.99. The number of fused-ring (bicyclic) bond motifs is 1. The first-order valence-corrected chi connectivity index (χ1v) is 7.02. The molecule has 0 bridgehead atoms. The lowest BCUT2D eigenvalue weighted by Gasteiger charge is -2.06. The molecule has 0 amide bonds. The van der Waals surface area contributed by atoms with Crippen LogP contribution in [-0.4, -0.2) is 24.7 Å². The first-order chi connectivity index (χ1) is 8.40. The number of thioether (sulfide) groups is 1. The predicted octanol–water partition coefficient (Wildman–Crippen LogP) is 2.08. The molecule has 1 N–H and O–H groups in total. The number of hydrogen-bond donors (Lipinski definition) is 1. The van der Waals surface area contributed by atoms with Gasteiger partial charge in [0.15, 0.2) is 0 Å². The molecule has 3 heteroatoms. The average Bonchev–Trinajstić information content (AvgIpc) is 2.81. The van der Waals surface area contributed by atoms with Gasteiger partial charge in [0.1, 0.15) is 5.75 Å². The topological polar surface area (TPSA) is 21.3 Å². The van der Waals surface area contributed by atoms with Crippen molar-refractivity contribution in [2.45, 2.75) is 13.0 Å². The van der Waals surface area contributed by atoms with Gasteiger partial charge in [-0.25, -0.2) is 0 Å².